The molecular formula is C19H19ClN4O2S2. The Morgan fingerprint density at radius 3 is 2.57 bits per heavy atom. The Morgan fingerprint density at radius 2 is 2.00 bits per heavy atom. The van der Waals surface area contributed by atoms with Gasteiger partial charge in [-0.1, -0.05) is 28.2 Å². The summed E-state index contributed by atoms with van der Waals surface area (Å²) in [6, 6.07) is 9.67. The van der Waals surface area contributed by atoms with Crippen LogP contribution in [-0.4, -0.2) is 26.9 Å². The molecular weight excluding hydrogens is 416 g/mol. The van der Waals surface area contributed by atoms with E-state index in [1.165, 1.54) is 16.2 Å². The fourth-order valence-corrected chi connectivity index (χ4v) is 4.08. The first kappa shape index (κ1) is 20.4. The van der Waals surface area contributed by atoms with Gasteiger partial charge in [-0.15, -0.1) is 16.4 Å². The highest BCUT2D eigenvalue weighted by molar-refractivity contribution is 7.10. The molecule has 2 aromatic heterocycles. The van der Waals surface area contributed by atoms with Crippen LogP contribution in [0.25, 0.3) is 0 Å². The molecule has 3 aromatic rings. The molecule has 0 bridgehead atoms. The molecule has 9 heteroatoms. The highest BCUT2D eigenvalue weighted by Gasteiger charge is 2.36. The second-order valence-corrected chi connectivity index (χ2v) is 9.13. The molecule has 0 aliphatic carbocycles. The zero-order valence-corrected chi connectivity index (χ0v) is 17.9. The van der Waals surface area contributed by atoms with Crippen molar-refractivity contribution in [2.45, 2.75) is 32.4 Å². The van der Waals surface area contributed by atoms with Crippen LogP contribution in [-0.2, 0) is 4.79 Å². The number of halogens is 1. The summed E-state index contributed by atoms with van der Waals surface area (Å²) in [4.78, 5) is 28.8. The largest absolute Gasteiger partial charge is 0.349 e. The molecule has 0 aliphatic heterocycles. The summed E-state index contributed by atoms with van der Waals surface area (Å²) in [5.41, 5.74) is 0.223. The molecule has 1 aromatic carbocycles. The van der Waals surface area contributed by atoms with Crippen molar-refractivity contribution in [1.82, 2.24) is 14.9 Å². The van der Waals surface area contributed by atoms with Crippen molar-refractivity contribution in [1.29, 1.82) is 0 Å². The topological polar surface area (TPSA) is 75.2 Å². The zero-order chi connectivity index (χ0) is 20.3. The number of aromatic nitrogens is 2. The molecule has 0 saturated carbocycles. The van der Waals surface area contributed by atoms with E-state index in [9.17, 15) is 9.59 Å². The number of benzene rings is 1. The number of nitrogens with zero attached hydrogens (tertiary/aromatic N) is 3. The molecule has 0 unspecified atom stereocenters. The number of amides is 2. The predicted octanol–water partition coefficient (Wildman–Crippen LogP) is 4.56. The van der Waals surface area contributed by atoms with Gasteiger partial charge in [-0.25, -0.2) is 0 Å². The Balaban J connectivity index is 2.13. The van der Waals surface area contributed by atoms with Gasteiger partial charge in [0.25, 0.3) is 5.91 Å². The molecule has 0 fully saturated rings. The number of anilines is 1. The third-order valence-corrected chi connectivity index (χ3v) is 5.37. The van der Waals surface area contributed by atoms with Crippen LogP contribution in [0.3, 0.4) is 0 Å². The van der Waals surface area contributed by atoms with Gasteiger partial charge in [-0.3, -0.25) is 14.5 Å². The first-order chi connectivity index (χ1) is 13.3. The van der Waals surface area contributed by atoms with Gasteiger partial charge in [0.15, 0.2) is 11.7 Å². The molecule has 2 amide bonds. The lowest BCUT2D eigenvalue weighted by molar-refractivity contribution is -0.123. The number of hydrogen-bond donors (Lipinski definition) is 1. The van der Waals surface area contributed by atoms with Gasteiger partial charge in [-0.05, 0) is 61.9 Å². The minimum atomic E-state index is -0.869. The van der Waals surface area contributed by atoms with Crippen molar-refractivity contribution in [2.24, 2.45) is 0 Å². The quantitative estimate of drug-likeness (QED) is 0.638. The fraction of sp³-hybridized carbons (Fsp3) is 0.263. The maximum absolute atomic E-state index is 13.3. The Labute approximate surface area is 176 Å². The van der Waals surface area contributed by atoms with Crippen molar-refractivity contribution in [3.05, 3.63) is 62.8 Å². The summed E-state index contributed by atoms with van der Waals surface area (Å²) in [7, 11) is 0. The van der Waals surface area contributed by atoms with E-state index in [-0.39, 0.29) is 11.6 Å². The molecule has 1 N–H and O–H groups in total. The lowest BCUT2D eigenvalue weighted by atomic mass is 10.1. The van der Waals surface area contributed by atoms with E-state index < -0.39 is 17.5 Å². The average molecular weight is 435 g/mol. The lowest BCUT2D eigenvalue weighted by Gasteiger charge is -2.32. The van der Waals surface area contributed by atoms with E-state index in [1.807, 2.05) is 38.3 Å². The molecule has 0 spiro atoms. The molecule has 28 heavy (non-hydrogen) atoms. The van der Waals surface area contributed by atoms with Crippen molar-refractivity contribution < 1.29 is 9.59 Å². The van der Waals surface area contributed by atoms with Crippen molar-refractivity contribution in [2.75, 3.05) is 4.90 Å². The molecule has 3 rings (SSSR count). The summed E-state index contributed by atoms with van der Waals surface area (Å²) in [6.07, 6.45) is 0. The monoisotopic (exact) mass is 434 g/mol. The molecule has 1 atom stereocenters. The van der Waals surface area contributed by atoms with Crippen LogP contribution in [0.2, 0.25) is 5.02 Å². The van der Waals surface area contributed by atoms with E-state index in [1.54, 1.807) is 29.6 Å². The summed E-state index contributed by atoms with van der Waals surface area (Å²) < 4.78 is 3.78. The van der Waals surface area contributed by atoms with Crippen molar-refractivity contribution >= 4 is 52.0 Å². The Hall–Kier alpha value is -2.29. The van der Waals surface area contributed by atoms with Gasteiger partial charge in [0.1, 0.15) is 0 Å². The van der Waals surface area contributed by atoms with E-state index >= 15 is 0 Å². The first-order valence-electron chi connectivity index (χ1n) is 8.48. The van der Waals surface area contributed by atoms with E-state index in [0.717, 1.165) is 16.4 Å². The third kappa shape index (κ3) is 4.76. The Bertz CT molecular complexity index is 953. The number of nitrogens with one attached hydrogen (secondary N) is 1. The van der Waals surface area contributed by atoms with Crippen LogP contribution in [0.5, 0.6) is 0 Å². The number of thiophene rings is 1. The van der Waals surface area contributed by atoms with E-state index in [2.05, 4.69) is 14.9 Å². The Kier molecular flexibility index (Phi) is 6.12. The number of rotatable bonds is 5. The minimum absolute atomic E-state index is 0.176. The SMILES string of the molecule is CC(C)(C)NC(=O)[C@@H](c1cccs1)N(C(=O)c1csnn1)c1cccc(Cl)c1. The van der Waals surface area contributed by atoms with Crippen LogP contribution >= 0.6 is 34.5 Å². The summed E-state index contributed by atoms with van der Waals surface area (Å²) in [5.74, 6) is -0.704. The number of carbonyl (C=O) groups excluding carboxylic acids is 2. The Morgan fingerprint density at radius 1 is 1.21 bits per heavy atom. The smallest absolute Gasteiger partial charge is 0.280 e. The lowest BCUT2D eigenvalue weighted by Crippen LogP contribution is -2.49. The molecule has 0 radical (unpaired) electrons. The second kappa shape index (κ2) is 8.38. The van der Waals surface area contributed by atoms with Gasteiger partial charge >= 0.3 is 0 Å². The van der Waals surface area contributed by atoms with Crippen LogP contribution < -0.4 is 10.2 Å². The number of carbonyl (C=O) groups is 2. The van der Waals surface area contributed by atoms with Crippen LogP contribution in [0, 0.1) is 0 Å². The van der Waals surface area contributed by atoms with Crippen LogP contribution in [0.1, 0.15) is 42.2 Å². The van der Waals surface area contributed by atoms with Crippen molar-refractivity contribution in [3.8, 4) is 0 Å². The minimum Gasteiger partial charge on any atom is -0.349 e. The summed E-state index contributed by atoms with van der Waals surface area (Å²) >= 11 is 8.66. The zero-order valence-electron chi connectivity index (χ0n) is 15.5. The van der Waals surface area contributed by atoms with E-state index in [0.29, 0.717) is 10.7 Å². The maximum Gasteiger partial charge on any atom is 0.280 e. The van der Waals surface area contributed by atoms with Crippen molar-refractivity contribution in [3.63, 3.8) is 0 Å². The number of hydrogen-bond acceptors (Lipinski definition) is 6. The molecule has 0 aliphatic rings. The normalized spacial score (nSPS) is 12.4. The second-order valence-electron chi connectivity index (χ2n) is 7.10. The summed E-state index contributed by atoms with van der Waals surface area (Å²) in [6.45, 7) is 5.69. The van der Waals surface area contributed by atoms with Crippen LogP contribution in [0.4, 0.5) is 5.69 Å². The van der Waals surface area contributed by atoms with Gasteiger partial charge < -0.3 is 5.32 Å². The average Bonchev–Trinajstić information content (AvgIpc) is 3.30. The highest BCUT2D eigenvalue weighted by Crippen LogP contribution is 2.33. The molecule has 0 saturated heterocycles. The van der Waals surface area contributed by atoms with Gasteiger partial charge in [0, 0.05) is 26.5 Å². The maximum atomic E-state index is 13.3. The molecule has 2 heterocycles. The first-order valence-corrected chi connectivity index (χ1v) is 10.6. The highest BCUT2D eigenvalue weighted by atomic mass is 35.5. The fourth-order valence-electron chi connectivity index (χ4n) is 2.65. The molecule has 146 valence electrons. The third-order valence-electron chi connectivity index (χ3n) is 3.70. The molecule has 6 nitrogen and oxygen atoms in total. The van der Waals surface area contributed by atoms with Gasteiger partial charge in [0.05, 0.1) is 0 Å². The van der Waals surface area contributed by atoms with Gasteiger partial charge in [-0.2, -0.15) is 0 Å². The predicted molar refractivity (Wildman–Crippen MR) is 113 cm³/mol. The van der Waals surface area contributed by atoms with Gasteiger partial charge in [0.2, 0.25) is 5.91 Å². The van der Waals surface area contributed by atoms with E-state index in [4.69, 9.17) is 11.6 Å². The summed E-state index contributed by atoms with van der Waals surface area (Å²) in [5, 5.41) is 10.8. The standard InChI is InChI=1S/C19H19ClN4O2S2/c1-19(2,3)21-17(25)16(15-8-5-9-27-15)24(13-7-4-6-12(20)10-13)18(26)14-11-28-23-22-14/h4-11,16H,1-3H3,(H,21,25)/t16-/m1/s1. The van der Waals surface area contributed by atoms with Crippen LogP contribution in [0.15, 0.2) is 47.2 Å².